The molecule has 4 rings (SSSR count). The van der Waals surface area contributed by atoms with Crippen molar-refractivity contribution >= 4 is 38.9 Å². The molecule has 0 spiro atoms. The fourth-order valence-corrected chi connectivity index (χ4v) is 5.07. The van der Waals surface area contributed by atoms with Crippen molar-refractivity contribution in [1.82, 2.24) is 0 Å². The third-order valence-electron chi connectivity index (χ3n) is 3.99. The Labute approximate surface area is 150 Å². The highest BCUT2D eigenvalue weighted by Crippen LogP contribution is 2.44. The van der Waals surface area contributed by atoms with Crippen LogP contribution in [0.2, 0.25) is 0 Å². The second-order valence-corrected chi connectivity index (χ2v) is 7.68. The zero-order valence-corrected chi connectivity index (χ0v) is 14.7. The van der Waals surface area contributed by atoms with E-state index in [1.54, 1.807) is 11.3 Å². The molecule has 1 aromatic heterocycles. The van der Waals surface area contributed by atoms with Crippen molar-refractivity contribution in [2.75, 3.05) is 5.73 Å². The third-order valence-corrected chi connectivity index (χ3v) is 6.34. The lowest BCUT2D eigenvalue weighted by molar-refractivity contribution is 1.40. The lowest BCUT2D eigenvalue weighted by atomic mass is 10.1. The van der Waals surface area contributed by atoms with Crippen LogP contribution in [-0.4, -0.2) is 0 Å². The highest BCUT2D eigenvalue weighted by atomic mass is 32.2. The molecule has 0 atom stereocenters. The third kappa shape index (κ3) is 2.93. The first-order valence-electron chi connectivity index (χ1n) is 7.86. The largest absolute Gasteiger partial charge is 0.397 e. The number of rotatable bonds is 4. The molecule has 0 saturated heterocycles. The maximum Gasteiger partial charge on any atom is 0.0594 e. The molecule has 0 amide bonds. The van der Waals surface area contributed by atoms with E-state index in [1.807, 2.05) is 17.8 Å². The molecule has 0 saturated carbocycles. The maximum absolute atomic E-state index is 6.54. The smallest absolute Gasteiger partial charge is 0.0594 e. The quantitative estimate of drug-likeness (QED) is 0.430. The van der Waals surface area contributed by atoms with Gasteiger partial charge in [0.2, 0.25) is 0 Å². The number of fused-ring (bicyclic) bond motifs is 1. The minimum Gasteiger partial charge on any atom is -0.397 e. The SMILES string of the molecule is Nc1c(-c2ccccc2)sc2cccc(SCc3ccccc3)c12. The van der Waals surface area contributed by atoms with Crippen LogP contribution in [0.5, 0.6) is 0 Å². The number of thiophene rings is 1. The van der Waals surface area contributed by atoms with E-state index in [0.717, 1.165) is 11.4 Å². The fraction of sp³-hybridized carbons (Fsp3) is 0.0476. The molecule has 0 aliphatic rings. The minimum atomic E-state index is 0.900. The highest BCUT2D eigenvalue weighted by molar-refractivity contribution is 7.98. The van der Waals surface area contributed by atoms with Gasteiger partial charge >= 0.3 is 0 Å². The van der Waals surface area contributed by atoms with E-state index in [9.17, 15) is 0 Å². The second kappa shape index (κ2) is 6.71. The molecule has 1 nitrogen and oxygen atoms in total. The molecule has 0 unspecified atom stereocenters. The number of nitrogen functional groups attached to an aromatic ring is 1. The van der Waals surface area contributed by atoms with E-state index >= 15 is 0 Å². The summed E-state index contributed by atoms with van der Waals surface area (Å²) in [6.07, 6.45) is 0. The van der Waals surface area contributed by atoms with Crippen molar-refractivity contribution in [3.8, 4) is 10.4 Å². The first-order valence-corrected chi connectivity index (χ1v) is 9.66. The van der Waals surface area contributed by atoms with Gasteiger partial charge in [-0.3, -0.25) is 0 Å². The molecular weight excluding hydrogens is 330 g/mol. The van der Waals surface area contributed by atoms with Gasteiger partial charge in [-0.05, 0) is 23.3 Å². The summed E-state index contributed by atoms with van der Waals surface area (Å²) in [6.45, 7) is 0. The van der Waals surface area contributed by atoms with Gasteiger partial charge in [0.1, 0.15) is 0 Å². The predicted octanol–water partition coefficient (Wildman–Crippen LogP) is 6.44. The second-order valence-electron chi connectivity index (χ2n) is 5.61. The van der Waals surface area contributed by atoms with Gasteiger partial charge in [0.05, 0.1) is 10.6 Å². The van der Waals surface area contributed by atoms with E-state index in [1.165, 1.54) is 31.0 Å². The summed E-state index contributed by atoms with van der Waals surface area (Å²) in [5.41, 5.74) is 9.96. The Morgan fingerprint density at radius 3 is 2.25 bits per heavy atom. The zero-order valence-electron chi connectivity index (χ0n) is 13.1. The van der Waals surface area contributed by atoms with Gasteiger partial charge in [-0.1, -0.05) is 66.7 Å². The van der Waals surface area contributed by atoms with Gasteiger partial charge in [-0.2, -0.15) is 0 Å². The normalized spacial score (nSPS) is 11.0. The maximum atomic E-state index is 6.54. The van der Waals surface area contributed by atoms with Crippen LogP contribution in [-0.2, 0) is 5.75 Å². The van der Waals surface area contributed by atoms with E-state index in [-0.39, 0.29) is 0 Å². The van der Waals surface area contributed by atoms with E-state index in [2.05, 4.69) is 72.8 Å². The van der Waals surface area contributed by atoms with Gasteiger partial charge in [0.15, 0.2) is 0 Å². The Morgan fingerprint density at radius 2 is 1.50 bits per heavy atom. The molecule has 0 aliphatic heterocycles. The van der Waals surface area contributed by atoms with E-state index in [4.69, 9.17) is 5.73 Å². The number of anilines is 1. The lowest BCUT2D eigenvalue weighted by Crippen LogP contribution is -1.87. The molecular formula is C21H17NS2. The molecule has 3 aromatic carbocycles. The molecule has 3 heteroatoms. The van der Waals surface area contributed by atoms with Crippen molar-refractivity contribution < 1.29 is 0 Å². The zero-order chi connectivity index (χ0) is 16.4. The topological polar surface area (TPSA) is 26.0 Å². The first kappa shape index (κ1) is 15.3. The summed E-state index contributed by atoms with van der Waals surface area (Å²) < 4.78 is 1.25. The molecule has 0 radical (unpaired) electrons. The fourth-order valence-electron chi connectivity index (χ4n) is 2.80. The molecule has 0 aliphatic carbocycles. The number of benzene rings is 3. The molecule has 118 valence electrons. The lowest BCUT2D eigenvalue weighted by Gasteiger charge is -2.05. The van der Waals surface area contributed by atoms with Crippen molar-refractivity contribution in [2.24, 2.45) is 0 Å². The van der Waals surface area contributed by atoms with Crippen LogP contribution in [0, 0.1) is 0 Å². The summed E-state index contributed by atoms with van der Waals surface area (Å²) in [5, 5.41) is 1.20. The van der Waals surface area contributed by atoms with Crippen LogP contribution in [0.1, 0.15) is 5.56 Å². The predicted molar refractivity (Wildman–Crippen MR) is 108 cm³/mol. The molecule has 1 heterocycles. The Hall–Kier alpha value is -2.23. The minimum absolute atomic E-state index is 0.900. The number of hydrogen-bond acceptors (Lipinski definition) is 3. The van der Waals surface area contributed by atoms with Crippen LogP contribution >= 0.6 is 23.1 Å². The summed E-state index contributed by atoms with van der Waals surface area (Å²) in [7, 11) is 0. The van der Waals surface area contributed by atoms with Gasteiger partial charge in [-0.25, -0.2) is 0 Å². The standard InChI is InChI=1S/C21H17NS2/c22-20-19-17(23-14-15-8-3-1-4-9-15)12-7-13-18(19)24-21(20)16-10-5-2-6-11-16/h1-13H,14,22H2. The summed E-state index contributed by atoms with van der Waals surface area (Å²) in [4.78, 5) is 2.42. The number of hydrogen-bond donors (Lipinski definition) is 1. The van der Waals surface area contributed by atoms with Crippen LogP contribution in [0.4, 0.5) is 5.69 Å². The van der Waals surface area contributed by atoms with Crippen LogP contribution in [0.15, 0.2) is 83.8 Å². The monoisotopic (exact) mass is 347 g/mol. The number of thioether (sulfide) groups is 1. The molecule has 4 aromatic rings. The van der Waals surface area contributed by atoms with Crippen molar-refractivity contribution in [3.05, 3.63) is 84.4 Å². The molecule has 24 heavy (non-hydrogen) atoms. The average Bonchev–Trinajstić information content (AvgIpc) is 2.99. The van der Waals surface area contributed by atoms with E-state index in [0.29, 0.717) is 0 Å². The Morgan fingerprint density at radius 1 is 0.792 bits per heavy atom. The first-order chi connectivity index (χ1) is 11.8. The Kier molecular flexibility index (Phi) is 4.28. The molecule has 0 fully saturated rings. The summed E-state index contributed by atoms with van der Waals surface area (Å²) in [5.74, 6) is 0.954. The van der Waals surface area contributed by atoms with Crippen molar-refractivity contribution in [3.63, 3.8) is 0 Å². The van der Waals surface area contributed by atoms with Crippen LogP contribution < -0.4 is 5.73 Å². The van der Waals surface area contributed by atoms with Gasteiger partial charge in [0.25, 0.3) is 0 Å². The number of nitrogens with two attached hydrogens (primary N) is 1. The van der Waals surface area contributed by atoms with Gasteiger partial charge < -0.3 is 5.73 Å². The molecule has 0 bridgehead atoms. The van der Waals surface area contributed by atoms with Crippen molar-refractivity contribution in [1.29, 1.82) is 0 Å². The highest BCUT2D eigenvalue weighted by Gasteiger charge is 2.14. The Balaban J connectivity index is 1.73. The van der Waals surface area contributed by atoms with E-state index < -0.39 is 0 Å². The van der Waals surface area contributed by atoms with Crippen LogP contribution in [0.3, 0.4) is 0 Å². The van der Waals surface area contributed by atoms with Gasteiger partial charge in [-0.15, -0.1) is 23.1 Å². The average molecular weight is 348 g/mol. The molecule has 2 N–H and O–H groups in total. The van der Waals surface area contributed by atoms with Crippen LogP contribution in [0.25, 0.3) is 20.5 Å². The van der Waals surface area contributed by atoms with Gasteiger partial charge in [0, 0.05) is 20.7 Å². The Bertz CT molecular complexity index is 959. The summed E-state index contributed by atoms with van der Waals surface area (Å²) in [6, 6.07) is 27.4. The van der Waals surface area contributed by atoms with Crippen molar-refractivity contribution in [2.45, 2.75) is 10.6 Å². The summed E-state index contributed by atoms with van der Waals surface area (Å²) >= 11 is 3.63.